The number of nitrogens with zero attached hydrogens (tertiary/aromatic N) is 4. The third-order valence-corrected chi connectivity index (χ3v) is 4.96. The third-order valence-electron chi connectivity index (χ3n) is 4.03. The molecule has 0 aliphatic heterocycles. The Morgan fingerprint density at radius 3 is 2.78 bits per heavy atom. The SMILES string of the molecule is CCOc1ccc(CCNC(=O)CSc2nnnn2C2CC2)cc1OCC. The number of aromatic nitrogens is 4. The second kappa shape index (κ2) is 9.59. The lowest BCUT2D eigenvalue weighted by Gasteiger charge is -2.12. The van der Waals surface area contributed by atoms with Gasteiger partial charge in [-0.2, -0.15) is 0 Å². The van der Waals surface area contributed by atoms with E-state index in [0.717, 1.165) is 36.3 Å². The molecule has 1 aromatic carbocycles. The minimum Gasteiger partial charge on any atom is -0.490 e. The van der Waals surface area contributed by atoms with Gasteiger partial charge in [-0.15, -0.1) is 5.10 Å². The molecule has 9 heteroatoms. The number of tetrazole rings is 1. The molecule has 1 amide bonds. The number of amides is 1. The van der Waals surface area contributed by atoms with E-state index >= 15 is 0 Å². The summed E-state index contributed by atoms with van der Waals surface area (Å²) in [6.07, 6.45) is 2.94. The van der Waals surface area contributed by atoms with Gasteiger partial charge in [0.05, 0.1) is 25.0 Å². The summed E-state index contributed by atoms with van der Waals surface area (Å²) >= 11 is 1.37. The highest BCUT2D eigenvalue weighted by Gasteiger charge is 2.28. The first kappa shape index (κ1) is 19.5. The molecular formula is C18H25N5O3S. The first-order chi connectivity index (χ1) is 13.2. The number of thioether (sulfide) groups is 1. The van der Waals surface area contributed by atoms with E-state index in [4.69, 9.17) is 9.47 Å². The van der Waals surface area contributed by atoms with Crippen molar-refractivity contribution in [3.05, 3.63) is 23.8 Å². The molecule has 3 rings (SSSR count). The van der Waals surface area contributed by atoms with Crippen molar-refractivity contribution < 1.29 is 14.3 Å². The number of hydrogen-bond acceptors (Lipinski definition) is 7. The van der Waals surface area contributed by atoms with Gasteiger partial charge in [0, 0.05) is 6.54 Å². The van der Waals surface area contributed by atoms with Gasteiger partial charge in [0.25, 0.3) is 0 Å². The second-order valence-corrected chi connectivity index (χ2v) is 7.12. The van der Waals surface area contributed by atoms with Crippen molar-refractivity contribution in [3.63, 3.8) is 0 Å². The highest BCUT2D eigenvalue weighted by molar-refractivity contribution is 7.99. The van der Waals surface area contributed by atoms with E-state index in [1.807, 2.05) is 36.7 Å². The molecule has 0 radical (unpaired) electrons. The van der Waals surface area contributed by atoms with Crippen LogP contribution in [0.15, 0.2) is 23.4 Å². The van der Waals surface area contributed by atoms with Gasteiger partial charge in [0.1, 0.15) is 0 Å². The number of nitrogens with one attached hydrogen (secondary N) is 1. The summed E-state index contributed by atoms with van der Waals surface area (Å²) in [5.41, 5.74) is 1.09. The summed E-state index contributed by atoms with van der Waals surface area (Å²) in [7, 11) is 0. The summed E-state index contributed by atoms with van der Waals surface area (Å²) in [6, 6.07) is 6.29. The quantitative estimate of drug-likeness (QED) is 0.588. The van der Waals surface area contributed by atoms with Crippen molar-refractivity contribution in [1.29, 1.82) is 0 Å². The first-order valence-corrected chi connectivity index (χ1v) is 10.3. The number of rotatable bonds is 11. The number of carbonyl (C=O) groups excluding carboxylic acids is 1. The fraction of sp³-hybridized carbons (Fsp3) is 0.556. The Hall–Kier alpha value is -2.29. The molecule has 1 aromatic heterocycles. The molecule has 0 bridgehead atoms. The van der Waals surface area contributed by atoms with Crippen LogP contribution in [-0.4, -0.2) is 51.6 Å². The molecule has 1 saturated carbocycles. The number of hydrogen-bond donors (Lipinski definition) is 1. The van der Waals surface area contributed by atoms with E-state index in [-0.39, 0.29) is 5.91 Å². The molecule has 1 aliphatic carbocycles. The van der Waals surface area contributed by atoms with Gasteiger partial charge in [-0.05, 0) is 61.2 Å². The largest absolute Gasteiger partial charge is 0.490 e. The van der Waals surface area contributed by atoms with E-state index < -0.39 is 0 Å². The highest BCUT2D eigenvalue weighted by Crippen LogP contribution is 2.36. The second-order valence-electron chi connectivity index (χ2n) is 6.17. The highest BCUT2D eigenvalue weighted by atomic mass is 32.2. The molecule has 27 heavy (non-hydrogen) atoms. The van der Waals surface area contributed by atoms with Crippen LogP contribution in [0.5, 0.6) is 11.5 Å². The van der Waals surface area contributed by atoms with Crippen LogP contribution in [0, 0.1) is 0 Å². The molecule has 1 heterocycles. The Bertz CT molecular complexity index is 763. The maximum Gasteiger partial charge on any atom is 0.230 e. The standard InChI is InChI=1S/C18H25N5O3S/c1-3-25-15-8-5-13(11-16(15)26-4-2)9-10-19-17(24)12-27-18-20-21-22-23(18)14-6-7-14/h5,8,11,14H,3-4,6-7,9-10,12H2,1-2H3,(H,19,24). The number of carbonyl (C=O) groups is 1. The van der Waals surface area contributed by atoms with Gasteiger partial charge >= 0.3 is 0 Å². The van der Waals surface area contributed by atoms with Gasteiger partial charge < -0.3 is 14.8 Å². The molecule has 146 valence electrons. The van der Waals surface area contributed by atoms with Gasteiger partial charge in [0.2, 0.25) is 11.1 Å². The van der Waals surface area contributed by atoms with E-state index in [0.29, 0.717) is 36.7 Å². The Balaban J connectivity index is 1.44. The molecule has 1 aliphatic rings. The Labute approximate surface area is 163 Å². The van der Waals surface area contributed by atoms with Gasteiger partial charge in [0.15, 0.2) is 11.5 Å². The molecular weight excluding hydrogens is 366 g/mol. The first-order valence-electron chi connectivity index (χ1n) is 9.27. The molecule has 0 saturated heterocycles. The van der Waals surface area contributed by atoms with Gasteiger partial charge in [-0.25, -0.2) is 4.68 Å². The monoisotopic (exact) mass is 391 g/mol. The van der Waals surface area contributed by atoms with Crippen LogP contribution >= 0.6 is 11.8 Å². The van der Waals surface area contributed by atoms with E-state index in [1.165, 1.54) is 11.8 Å². The topological polar surface area (TPSA) is 91.2 Å². The molecule has 1 fully saturated rings. The van der Waals surface area contributed by atoms with E-state index in [2.05, 4.69) is 20.8 Å². The lowest BCUT2D eigenvalue weighted by molar-refractivity contribution is -0.118. The Morgan fingerprint density at radius 2 is 2.04 bits per heavy atom. The molecule has 1 N–H and O–H groups in total. The lowest BCUT2D eigenvalue weighted by atomic mass is 10.1. The minimum absolute atomic E-state index is 0.0266. The minimum atomic E-state index is -0.0266. The fourth-order valence-electron chi connectivity index (χ4n) is 2.61. The van der Waals surface area contributed by atoms with Gasteiger partial charge in [-0.3, -0.25) is 4.79 Å². The molecule has 8 nitrogen and oxygen atoms in total. The predicted molar refractivity (Wildman–Crippen MR) is 102 cm³/mol. The number of ether oxygens (including phenoxy) is 2. The van der Waals surface area contributed by atoms with Crippen LogP contribution in [0.1, 0.15) is 38.3 Å². The normalized spacial score (nSPS) is 13.4. The lowest BCUT2D eigenvalue weighted by Crippen LogP contribution is -2.27. The van der Waals surface area contributed by atoms with E-state index in [9.17, 15) is 4.79 Å². The third kappa shape index (κ3) is 5.59. The van der Waals surface area contributed by atoms with Gasteiger partial charge in [-0.1, -0.05) is 17.8 Å². The number of benzene rings is 1. The maximum absolute atomic E-state index is 12.1. The Morgan fingerprint density at radius 1 is 1.26 bits per heavy atom. The molecule has 0 unspecified atom stereocenters. The van der Waals surface area contributed by atoms with Crippen molar-refractivity contribution in [1.82, 2.24) is 25.5 Å². The average Bonchev–Trinajstić information content (AvgIpc) is 3.40. The van der Waals surface area contributed by atoms with Crippen LogP contribution in [0.4, 0.5) is 0 Å². The van der Waals surface area contributed by atoms with Crippen molar-refractivity contribution in [3.8, 4) is 11.5 Å². The maximum atomic E-state index is 12.1. The van der Waals surface area contributed by atoms with Crippen molar-refractivity contribution in [2.75, 3.05) is 25.5 Å². The summed E-state index contributed by atoms with van der Waals surface area (Å²) in [4.78, 5) is 12.1. The smallest absolute Gasteiger partial charge is 0.230 e. The van der Waals surface area contributed by atoms with Crippen LogP contribution < -0.4 is 14.8 Å². The van der Waals surface area contributed by atoms with Crippen molar-refractivity contribution >= 4 is 17.7 Å². The zero-order valence-corrected chi connectivity index (χ0v) is 16.5. The molecule has 0 spiro atoms. The van der Waals surface area contributed by atoms with Crippen LogP contribution in [-0.2, 0) is 11.2 Å². The Kier molecular flexibility index (Phi) is 6.92. The summed E-state index contributed by atoms with van der Waals surface area (Å²) in [5.74, 6) is 1.77. The van der Waals surface area contributed by atoms with Crippen molar-refractivity contribution in [2.45, 2.75) is 44.3 Å². The predicted octanol–water partition coefficient (Wildman–Crippen LogP) is 2.26. The van der Waals surface area contributed by atoms with Crippen molar-refractivity contribution in [2.24, 2.45) is 0 Å². The molecule has 0 atom stereocenters. The zero-order valence-electron chi connectivity index (χ0n) is 15.7. The molecule has 2 aromatic rings. The fourth-order valence-corrected chi connectivity index (χ4v) is 3.38. The van der Waals surface area contributed by atoms with Crippen LogP contribution in [0.3, 0.4) is 0 Å². The summed E-state index contributed by atoms with van der Waals surface area (Å²) in [5, 5.41) is 15.3. The zero-order chi connectivity index (χ0) is 19.1. The van der Waals surface area contributed by atoms with Crippen LogP contribution in [0.25, 0.3) is 0 Å². The summed E-state index contributed by atoms with van der Waals surface area (Å²) < 4.78 is 13.0. The summed E-state index contributed by atoms with van der Waals surface area (Å²) in [6.45, 7) is 5.63. The van der Waals surface area contributed by atoms with Crippen LogP contribution in [0.2, 0.25) is 0 Å². The average molecular weight is 391 g/mol. The van der Waals surface area contributed by atoms with E-state index in [1.54, 1.807) is 0 Å².